The topological polar surface area (TPSA) is 164 Å². The zero-order chi connectivity index (χ0) is 16.9. The fourth-order valence-electron chi connectivity index (χ4n) is 0.139. The van der Waals surface area contributed by atoms with Gasteiger partial charge in [0.25, 0.3) is 0 Å². The van der Waals surface area contributed by atoms with Gasteiger partial charge in [0.1, 0.15) is 0 Å². The molecule has 0 rings (SSSR count). The molecule has 1 unspecified atom stereocenters. The summed E-state index contributed by atoms with van der Waals surface area (Å²) < 4.78 is 29.1. The van der Waals surface area contributed by atoms with Gasteiger partial charge < -0.3 is 11.8 Å². The van der Waals surface area contributed by atoms with Crippen molar-refractivity contribution >= 4 is 40.0 Å². The molecule has 120 valence electrons. The quantitative estimate of drug-likeness (QED) is 0.120. The van der Waals surface area contributed by atoms with E-state index >= 15 is 0 Å². The largest absolute Gasteiger partial charge is 1.00 e. The number of hydrogen-bond donors (Lipinski definition) is 1. The Labute approximate surface area is 178 Å². The van der Waals surface area contributed by atoms with Gasteiger partial charge in [-0.3, -0.25) is 19.4 Å². The van der Waals surface area contributed by atoms with Crippen LogP contribution in [0.2, 0.25) is 0 Å². The molecule has 0 fully saturated rings. The number of carbonyl (C=O) groups is 3. The van der Waals surface area contributed by atoms with E-state index in [1.54, 1.807) is 0 Å². The molecule has 0 aliphatic carbocycles. The summed E-state index contributed by atoms with van der Waals surface area (Å²) in [4.78, 5) is 28.3. The molecular weight excluding hydrogens is 366 g/mol. The van der Waals surface area contributed by atoms with E-state index in [4.69, 9.17) is 17.7 Å². The number of aliphatic hydroxyl groups is 1. The average Bonchev–Trinajstić information content (AvgIpc) is 2.26. The van der Waals surface area contributed by atoms with Crippen LogP contribution in [0.25, 0.3) is 0 Å². The Morgan fingerprint density at radius 2 is 1.36 bits per heavy atom. The Morgan fingerprint density at radius 3 is 1.50 bits per heavy atom. The van der Waals surface area contributed by atoms with Gasteiger partial charge in [0.05, 0.1) is 12.0 Å². The van der Waals surface area contributed by atoms with Gasteiger partial charge >= 0.3 is 69.7 Å². The third-order valence-electron chi connectivity index (χ3n) is 1.37. The maximum absolute atomic E-state index is 10.5. The molecule has 0 saturated heterocycles. The summed E-state index contributed by atoms with van der Waals surface area (Å²) in [5.41, 5.74) is 0. The van der Waals surface area contributed by atoms with Gasteiger partial charge in [-0.25, -0.2) is 0 Å². The van der Waals surface area contributed by atoms with Crippen LogP contribution in [0, 0.1) is 0 Å². The number of hydrogen-bond acceptors (Lipinski definition) is 11. The summed E-state index contributed by atoms with van der Waals surface area (Å²) in [6.45, 7) is 4.87. The zero-order valence-corrected chi connectivity index (χ0v) is 18.6. The van der Waals surface area contributed by atoms with E-state index in [2.05, 4.69) is 9.37 Å². The zero-order valence-electron chi connectivity index (χ0n) is 13.9. The summed E-state index contributed by atoms with van der Waals surface area (Å²) in [7, 11) is -3.11. The van der Waals surface area contributed by atoms with Crippen molar-refractivity contribution in [3.8, 4) is 0 Å². The normalized spacial score (nSPS) is 10.6. The molecule has 0 aromatic rings. The van der Waals surface area contributed by atoms with Gasteiger partial charge in [0, 0.05) is 13.8 Å². The Morgan fingerprint density at radius 1 is 1.09 bits per heavy atom. The smallest absolute Gasteiger partial charge is 1.00 e. The summed E-state index contributed by atoms with van der Waals surface area (Å²) >= 11 is 0.258. The second-order valence-corrected chi connectivity index (χ2v) is 4.58. The van der Waals surface area contributed by atoms with Crippen molar-refractivity contribution in [2.24, 2.45) is 0 Å². The van der Waals surface area contributed by atoms with E-state index in [-0.39, 0.29) is 84.2 Å². The number of carbonyl (C=O) groups excluding carboxylic acids is 3. The fourth-order valence-corrected chi connectivity index (χ4v) is 0.416. The summed E-state index contributed by atoms with van der Waals surface area (Å²) in [5.74, 6) is -1.28. The van der Waals surface area contributed by atoms with Crippen LogP contribution in [0.15, 0.2) is 0 Å². The maximum Gasteiger partial charge on any atom is 1.00 e. The van der Waals surface area contributed by atoms with Crippen LogP contribution in [0.4, 0.5) is 0 Å². The molecule has 0 radical (unpaired) electrons. The van der Waals surface area contributed by atoms with Crippen molar-refractivity contribution in [1.82, 2.24) is 0 Å². The van der Waals surface area contributed by atoms with Crippen LogP contribution < -0.4 is 64.4 Å². The Bertz CT molecular complexity index is 420. The van der Waals surface area contributed by atoms with Crippen molar-refractivity contribution in [3.63, 3.8) is 0 Å². The molecule has 0 aromatic carbocycles. The van der Waals surface area contributed by atoms with Gasteiger partial charge in [-0.15, -0.1) is 12.6 Å². The molecule has 0 aliphatic rings. The first-order chi connectivity index (χ1) is 8.88. The second-order valence-electron chi connectivity index (χ2n) is 3.07. The van der Waals surface area contributed by atoms with Gasteiger partial charge in [-0.1, -0.05) is 0 Å². The van der Waals surface area contributed by atoms with Gasteiger partial charge in [0.15, 0.2) is 22.3 Å². The Hall–Kier alpha value is 0.820. The molecule has 1 N–H and O–H groups in total. The van der Waals surface area contributed by atoms with E-state index in [1.807, 2.05) is 0 Å². The van der Waals surface area contributed by atoms with E-state index in [9.17, 15) is 19.6 Å². The Balaban J connectivity index is -0.0000000486. The molecule has 0 saturated carbocycles. The molecule has 10 nitrogen and oxygen atoms in total. The van der Waals surface area contributed by atoms with Crippen molar-refractivity contribution in [1.29, 1.82) is 0 Å². The Kier molecular flexibility index (Phi) is 30.9. The first-order valence-corrected chi connectivity index (χ1v) is 6.28. The molecular formula is C8H14Na2O10S2. The second kappa shape index (κ2) is 19.9. The van der Waals surface area contributed by atoms with Crippen molar-refractivity contribution in [3.05, 3.63) is 0 Å². The van der Waals surface area contributed by atoms with Gasteiger partial charge in [0.2, 0.25) is 0 Å². The minimum Gasteiger partial charge on any atom is -1.00 e. The first-order valence-electron chi connectivity index (χ1n) is 4.54. The maximum atomic E-state index is 10.5. The summed E-state index contributed by atoms with van der Waals surface area (Å²) in [6, 6.07) is 0. The molecule has 0 amide bonds. The molecule has 0 bridgehead atoms. The first kappa shape index (κ1) is 34.2. The predicted octanol–water partition coefficient (Wildman–Crippen LogP) is -7.56. The molecule has 0 aliphatic heterocycles. The van der Waals surface area contributed by atoms with Crippen LogP contribution in [0.1, 0.15) is 29.1 Å². The third kappa shape index (κ3) is 32.7. The average molecular weight is 380 g/mol. The molecule has 0 heterocycles. The molecule has 22 heavy (non-hydrogen) atoms. The molecule has 0 spiro atoms. The van der Waals surface area contributed by atoms with Crippen LogP contribution in [0.5, 0.6) is 0 Å². The minimum atomic E-state index is -3.11. The standard InChI is InChI=1S/C4H8O5S.C4H6O2.2Na.O3S.H/c1-3(5)4(2,6)10-9-8-7;1-3(5)4(2)6;;;1-4(2)3;/h6-7H,1-2H3;1-2H3;;;;/q;;2*+1;;-1/p-1. The summed E-state index contributed by atoms with van der Waals surface area (Å²) in [5, 5.41) is 21.2. The van der Waals surface area contributed by atoms with Crippen LogP contribution in [-0.4, -0.2) is 40.0 Å². The minimum absolute atomic E-state index is 0. The SMILES string of the molecule is CC(=O)C(C)(O)SOO[O-].CC(=O)C(C)=O.O=S(=O)=O.[H-].[Na+].[Na+]. The van der Waals surface area contributed by atoms with E-state index < -0.39 is 21.3 Å². The monoisotopic (exact) mass is 380 g/mol. The van der Waals surface area contributed by atoms with Crippen molar-refractivity contribution < 1.29 is 107 Å². The molecule has 14 heteroatoms. The molecule has 1 atom stereocenters. The van der Waals surface area contributed by atoms with Crippen molar-refractivity contribution in [2.75, 3.05) is 0 Å². The van der Waals surface area contributed by atoms with Crippen LogP contribution in [0.3, 0.4) is 0 Å². The van der Waals surface area contributed by atoms with Gasteiger partial charge in [-0.2, -0.15) is 4.33 Å². The van der Waals surface area contributed by atoms with Crippen LogP contribution >= 0.6 is 12.0 Å². The molecule has 0 aromatic heterocycles. The predicted molar refractivity (Wildman–Crippen MR) is 63.2 cm³/mol. The number of ketones is 3. The third-order valence-corrected chi connectivity index (χ3v) is 2.11. The number of rotatable bonds is 5. The van der Waals surface area contributed by atoms with E-state index in [1.165, 1.54) is 27.7 Å². The van der Waals surface area contributed by atoms with E-state index in [0.717, 1.165) is 0 Å². The van der Waals surface area contributed by atoms with Gasteiger partial charge in [-0.05, 0) is 13.8 Å². The van der Waals surface area contributed by atoms with E-state index in [0.29, 0.717) is 0 Å². The summed E-state index contributed by atoms with van der Waals surface area (Å²) in [6.07, 6.45) is 0. The van der Waals surface area contributed by atoms with Crippen molar-refractivity contribution in [2.45, 2.75) is 32.6 Å². The fraction of sp³-hybridized carbons (Fsp3) is 0.625. The van der Waals surface area contributed by atoms with Crippen LogP contribution in [-0.2, 0) is 34.4 Å². The number of Topliss-reactive ketones (excluding diaryl/α,β-unsaturated/α-hetero) is 3.